The van der Waals surface area contributed by atoms with E-state index in [1.165, 1.54) is 12.1 Å². The van der Waals surface area contributed by atoms with E-state index in [0.717, 1.165) is 0 Å². The molecule has 0 saturated carbocycles. The van der Waals surface area contributed by atoms with Crippen molar-refractivity contribution in [2.24, 2.45) is 5.73 Å². The number of aliphatic hydroxyl groups excluding tert-OH is 1. The fourth-order valence-electron chi connectivity index (χ4n) is 1.20. The van der Waals surface area contributed by atoms with Crippen LogP contribution in [0.4, 0.5) is 4.39 Å². The molecule has 0 aliphatic carbocycles. The highest BCUT2D eigenvalue weighted by Crippen LogP contribution is 2.12. The SMILES string of the molecule is NC(CCO)CCOc1cccc(F)c1. The summed E-state index contributed by atoms with van der Waals surface area (Å²) in [5.41, 5.74) is 5.66. The Morgan fingerprint density at radius 1 is 1.40 bits per heavy atom. The van der Waals surface area contributed by atoms with E-state index >= 15 is 0 Å². The zero-order valence-electron chi connectivity index (χ0n) is 8.53. The van der Waals surface area contributed by atoms with Gasteiger partial charge in [-0.2, -0.15) is 0 Å². The van der Waals surface area contributed by atoms with Crippen LogP contribution in [0.1, 0.15) is 12.8 Å². The highest BCUT2D eigenvalue weighted by atomic mass is 19.1. The molecule has 0 aliphatic heterocycles. The topological polar surface area (TPSA) is 55.5 Å². The fraction of sp³-hybridized carbons (Fsp3) is 0.455. The number of hydrogen-bond donors (Lipinski definition) is 2. The number of rotatable bonds is 6. The monoisotopic (exact) mass is 213 g/mol. The van der Waals surface area contributed by atoms with Gasteiger partial charge in [-0.3, -0.25) is 0 Å². The lowest BCUT2D eigenvalue weighted by Gasteiger charge is -2.10. The van der Waals surface area contributed by atoms with Crippen molar-refractivity contribution >= 4 is 0 Å². The zero-order valence-corrected chi connectivity index (χ0v) is 8.53. The molecule has 3 N–H and O–H groups in total. The van der Waals surface area contributed by atoms with Gasteiger partial charge in [0.1, 0.15) is 11.6 Å². The Kier molecular flexibility index (Phi) is 5.07. The number of halogens is 1. The van der Waals surface area contributed by atoms with Crippen LogP contribution in [0.5, 0.6) is 5.75 Å². The van der Waals surface area contributed by atoms with Crippen molar-refractivity contribution in [3.8, 4) is 5.75 Å². The summed E-state index contributed by atoms with van der Waals surface area (Å²) in [5, 5.41) is 8.62. The molecule has 1 aromatic rings. The first-order valence-corrected chi connectivity index (χ1v) is 4.97. The van der Waals surface area contributed by atoms with Gasteiger partial charge in [0, 0.05) is 18.7 Å². The zero-order chi connectivity index (χ0) is 11.1. The molecule has 84 valence electrons. The second kappa shape index (κ2) is 6.37. The van der Waals surface area contributed by atoms with Gasteiger partial charge >= 0.3 is 0 Å². The van der Waals surface area contributed by atoms with Crippen molar-refractivity contribution < 1.29 is 14.2 Å². The van der Waals surface area contributed by atoms with E-state index in [0.29, 0.717) is 25.2 Å². The highest BCUT2D eigenvalue weighted by molar-refractivity contribution is 5.22. The van der Waals surface area contributed by atoms with E-state index in [2.05, 4.69) is 0 Å². The fourth-order valence-corrected chi connectivity index (χ4v) is 1.20. The molecule has 0 saturated heterocycles. The molecule has 0 radical (unpaired) electrons. The van der Waals surface area contributed by atoms with E-state index < -0.39 is 0 Å². The third-order valence-corrected chi connectivity index (χ3v) is 2.05. The summed E-state index contributed by atoms with van der Waals surface area (Å²) >= 11 is 0. The highest BCUT2D eigenvalue weighted by Gasteiger charge is 2.02. The third-order valence-electron chi connectivity index (χ3n) is 2.05. The van der Waals surface area contributed by atoms with Crippen LogP contribution in [0.25, 0.3) is 0 Å². The number of nitrogens with two attached hydrogens (primary N) is 1. The average molecular weight is 213 g/mol. The third kappa shape index (κ3) is 4.76. The molecule has 0 fully saturated rings. The van der Waals surface area contributed by atoms with Crippen LogP contribution in [-0.4, -0.2) is 24.4 Å². The minimum atomic E-state index is -0.313. The summed E-state index contributed by atoms with van der Waals surface area (Å²) in [6.07, 6.45) is 1.21. The molecular formula is C11H16FNO2. The smallest absolute Gasteiger partial charge is 0.126 e. The predicted octanol–water partition coefficient (Wildman–Crippen LogP) is 1.30. The molecule has 0 bridgehead atoms. The molecule has 0 heterocycles. The quantitative estimate of drug-likeness (QED) is 0.749. The molecule has 0 aromatic heterocycles. The number of hydrogen-bond acceptors (Lipinski definition) is 3. The van der Waals surface area contributed by atoms with Crippen molar-refractivity contribution in [2.45, 2.75) is 18.9 Å². The standard InChI is InChI=1S/C11H16FNO2/c12-9-2-1-3-11(8-9)15-7-5-10(13)4-6-14/h1-3,8,10,14H,4-7,13H2. The lowest BCUT2D eigenvalue weighted by Crippen LogP contribution is -2.23. The first-order valence-electron chi connectivity index (χ1n) is 4.97. The molecule has 0 aliphatic rings. The Morgan fingerprint density at radius 2 is 2.20 bits per heavy atom. The summed E-state index contributed by atoms with van der Waals surface area (Å²) in [4.78, 5) is 0. The van der Waals surface area contributed by atoms with Crippen molar-refractivity contribution in [2.75, 3.05) is 13.2 Å². The van der Waals surface area contributed by atoms with Gasteiger partial charge in [0.25, 0.3) is 0 Å². The van der Waals surface area contributed by atoms with E-state index in [9.17, 15) is 4.39 Å². The van der Waals surface area contributed by atoms with Gasteiger partial charge in [-0.1, -0.05) is 6.07 Å². The van der Waals surface area contributed by atoms with Crippen LogP contribution in [0, 0.1) is 5.82 Å². The number of benzene rings is 1. The van der Waals surface area contributed by atoms with Gasteiger partial charge in [0.15, 0.2) is 0 Å². The lowest BCUT2D eigenvalue weighted by molar-refractivity contribution is 0.252. The van der Waals surface area contributed by atoms with Gasteiger partial charge in [0.2, 0.25) is 0 Å². The van der Waals surface area contributed by atoms with Crippen molar-refractivity contribution in [1.29, 1.82) is 0 Å². The first kappa shape index (κ1) is 11.9. The molecule has 15 heavy (non-hydrogen) atoms. The van der Waals surface area contributed by atoms with Gasteiger partial charge in [-0.05, 0) is 25.0 Å². The Balaban J connectivity index is 2.25. The molecule has 1 aromatic carbocycles. The Hall–Kier alpha value is -1.13. The second-order valence-corrected chi connectivity index (χ2v) is 3.37. The van der Waals surface area contributed by atoms with Gasteiger partial charge in [0.05, 0.1) is 6.61 Å². The summed E-state index contributed by atoms with van der Waals surface area (Å²) in [5.74, 6) is 0.193. The number of ether oxygens (including phenoxy) is 1. The van der Waals surface area contributed by atoms with Gasteiger partial charge in [-0.15, -0.1) is 0 Å². The minimum Gasteiger partial charge on any atom is -0.493 e. The van der Waals surface area contributed by atoms with Crippen molar-refractivity contribution in [1.82, 2.24) is 0 Å². The van der Waals surface area contributed by atoms with Crippen molar-refractivity contribution in [3.63, 3.8) is 0 Å². The normalized spacial score (nSPS) is 12.5. The molecule has 0 spiro atoms. The van der Waals surface area contributed by atoms with Crippen molar-refractivity contribution in [3.05, 3.63) is 30.1 Å². The Bertz CT molecular complexity index is 294. The molecule has 3 nitrogen and oxygen atoms in total. The largest absolute Gasteiger partial charge is 0.493 e. The molecule has 4 heteroatoms. The van der Waals surface area contributed by atoms with E-state index in [-0.39, 0.29) is 18.5 Å². The van der Waals surface area contributed by atoms with Crippen LogP contribution >= 0.6 is 0 Å². The van der Waals surface area contributed by atoms with E-state index in [1.54, 1.807) is 12.1 Å². The van der Waals surface area contributed by atoms with E-state index in [1.807, 2.05) is 0 Å². The summed E-state index contributed by atoms with van der Waals surface area (Å²) < 4.78 is 18.0. The molecule has 1 unspecified atom stereocenters. The first-order chi connectivity index (χ1) is 7.22. The molecule has 1 atom stereocenters. The van der Waals surface area contributed by atoms with Crippen LogP contribution in [-0.2, 0) is 0 Å². The van der Waals surface area contributed by atoms with Crippen LogP contribution in [0.15, 0.2) is 24.3 Å². The predicted molar refractivity (Wildman–Crippen MR) is 56.2 cm³/mol. The van der Waals surface area contributed by atoms with Gasteiger partial charge in [-0.25, -0.2) is 4.39 Å². The number of aliphatic hydroxyl groups is 1. The average Bonchev–Trinajstić information content (AvgIpc) is 2.18. The maximum absolute atomic E-state index is 12.7. The summed E-state index contributed by atoms with van der Waals surface area (Å²) in [6.45, 7) is 0.520. The summed E-state index contributed by atoms with van der Waals surface area (Å²) in [6, 6.07) is 5.92. The molecule has 0 amide bonds. The van der Waals surface area contributed by atoms with Crippen LogP contribution < -0.4 is 10.5 Å². The summed E-state index contributed by atoms with van der Waals surface area (Å²) in [7, 11) is 0. The molecular weight excluding hydrogens is 197 g/mol. The Labute approximate surface area is 88.7 Å². The second-order valence-electron chi connectivity index (χ2n) is 3.37. The maximum Gasteiger partial charge on any atom is 0.126 e. The van der Waals surface area contributed by atoms with Crippen LogP contribution in [0.2, 0.25) is 0 Å². The van der Waals surface area contributed by atoms with Gasteiger partial charge < -0.3 is 15.6 Å². The van der Waals surface area contributed by atoms with Crippen LogP contribution in [0.3, 0.4) is 0 Å². The lowest BCUT2D eigenvalue weighted by atomic mass is 10.2. The maximum atomic E-state index is 12.7. The Morgan fingerprint density at radius 3 is 2.87 bits per heavy atom. The minimum absolute atomic E-state index is 0.0661. The van der Waals surface area contributed by atoms with E-state index in [4.69, 9.17) is 15.6 Å². The molecule has 1 rings (SSSR count).